The van der Waals surface area contributed by atoms with Crippen molar-refractivity contribution in [3.05, 3.63) is 0 Å². The summed E-state index contributed by atoms with van der Waals surface area (Å²) in [5, 5.41) is 3.35. The maximum Gasteiger partial charge on any atom is 0.409 e. The fraction of sp³-hybridized carbons (Fsp3) is 0.889. The van der Waals surface area contributed by atoms with Crippen molar-refractivity contribution in [2.45, 2.75) is 25.8 Å². The number of rotatable bonds is 3. The Morgan fingerprint density at radius 3 is 2.92 bits per heavy atom. The predicted octanol–water partition coefficient (Wildman–Crippen LogP) is 0.827. The minimum atomic E-state index is -0.226. The predicted molar refractivity (Wildman–Crippen MR) is 50.7 cm³/mol. The molecule has 0 aromatic rings. The van der Waals surface area contributed by atoms with Crippen LogP contribution in [0.2, 0.25) is 0 Å². The lowest BCUT2D eigenvalue weighted by molar-refractivity contribution is 0.122. The second-order valence-corrected chi connectivity index (χ2v) is 3.30. The summed E-state index contributed by atoms with van der Waals surface area (Å²) < 4.78 is 4.67. The number of carbonyl (C=O) groups is 1. The molecule has 1 rings (SSSR count). The van der Waals surface area contributed by atoms with Crippen molar-refractivity contribution in [1.29, 1.82) is 0 Å². The van der Waals surface area contributed by atoms with Gasteiger partial charge in [0.15, 0.2) is 0 Å². The monoisotopic (exact) mass is 186 g/mol. The Morgan fingerprint density at radius 1 is 1.69 bits per heavy atom. The Labute approximate surface area is 79.2 Å². The standard InChI is InChI=1S/C9H18N2O2/c1-3-11(9(12)13-2)7-8-5-4-6-10-8/h8,10H,3-7H2,1-2H3. The molecule has 4 nitrogen and oxygen atoms in total. The Balaban J connectivity index is 2.33. The second-order valence-electron chi connectivity index (χ2n) is 3.30. The van der Waals surface area contributed by atoms with Gasteiger partial charge in [0.05, 0.1) is 7.11 Å². The van der Waals surface area contributed by atoms with Gasteiger partial charge >= 0.3 is 6.09 Å². The Bertz CT molecular complexity index is 167. The van der Waals surface area contributed by atoms with E-state index < -0.39 is 0 Å². The van der Waals surface area contributed by atoms with Gasteiger partial charge in [0.1, 0.15) is 0 Å². The van der Waals surface area contributed by atoms with Crippen molar-refractivity contribution in [3.63, 3.8) is 0 Å². The molecular formula is C9H18N2O2. The first-order valence-electron chi connectivity index (χ1n) is 4.84. The highest BCUT2D eigenvalue weighted by Gasteiger charge is 2.20. The molecule has 76 valence electrons. The van der Waals surface area contributed by atoms with E-state index in [1.807, 2.05) is 6.92 Å². The quantitative estimate of drug-likeness (QED) is 0.709. The van der Waals surface area contributed by atoms with Crippen molar-refractivity contribution in [2.24, 2.45) is 0 Å². The highest BCUT2D eigenvalue weighted by molar-refractivity contribution is 5.67. The molecule has 0 spiro atoms. The molecule has 0 aliphatic carbocycles. The number of carbonyl (C=O) groups excluding carboxylic acids is 1. The maximum absolute atomic E-state index is 11.2. The van der Waals surface area contributed by atoms with Gasteiger partial charge in [0.2, 0.25) is 0 Å². The van der Waals surface area contributed by atoms with Crippen molar-refractivity contribution in [2.75, 3.05) is 26.7 Å². The van der Waals surface area contributed by atoms with Crippen LogP contribution in [0, 0.1) is 0 Å². The van der Waals surface area contributed by atoms with Gasteiger partial charge in [0.25, 0.3) is 0 Å². The SMILES string of the molecule is CCN(CC1CCCN1)C(=O)OC. The number of likely N-dealkylation sites (N-methyl/N-ethyl adjacent to an activating group) is 1. The van der Waals surface area contributed by atoms with Crippen molar-refractivity contribution in [1.82, 2.24) is 10.2 Å². The zero-order valence-electron chi connectivity index (χ0n) is 8.38. The van der Waals surface area contributed by atoms with E-state index in [2.05, 4.69) is 10.1 Å². The summed E-state index contributed by atoms with van der Waals surface area (Å²) in [6, 6.07) is 0.457. The summed E-state index contributed by atoms with van der Waals surface area (Å²) in [6.07, 6.45) is 2.15. The van der Waals surface area contributed by atoms with Gasteiger partial charge in [-0.2, -0.15) is 0 Å². The van der Waals surface area contributed by atoms with E-state index in [9.17, 15) is 4.79 Å². The van der Waals surface area contributed by atoms with E-state index >= 15 is 0 Å². The lowest BCUT2D eigenvalue weighted by Gasteiger charge is -2.22. The largest absolute Gasteiger partial charge is 0.453 e. The zero-order valence-corrected chi connectivity index (χ0v) is 8.38. The van der Waals surface area contributed by atoms with E-state index in [-0.39, 0.29) is 6.09 Å². The van der Waals surface area contributed by atoms with Crippen LogP contribution in [-0.4, -0.2) is 43.8 Å². The molecule has 13 heavy (non-hydrogen) atoms. The molecule has 1 N–H and O–H groups in total. The number of nitrogens with zero attached hydrogens (tertiary/aromatic N) is 1. The van der Waals surface area contributed by atoms with E-state index in [0.29, 0.717) is 12.6 Å². The molecule has 0 aromatic carbocycles. The number of nitrogens with one attached hydrogen (secondary N) is 1. The first-order chi connectivity index (χ1) is 6.27. The average Bonchev–Trinajstić information content (AvgIpc) is 2.65. The third-order valence-corrected chi connectivity index (χ3v) is 2.42. The molecule has 1 saturated heterocycles. The van der Waals surface area contributed by atoms with Crippen LogP contribution in [-0.2, 0) is 4.74 Å². The average molecular weight is 186 g/mol. The van der Waals surface area contributed by atoms with Crippen LogP contribution >= 0.6 is 0 Å². The zero-order chi connectivity index (χ0) is 9.68. The van der Waals surface area contributed by atoms with Gasteiger partial charge in [-0.05, 0) is 26.3 Å². The Morgan fingerprint density at radius 2 is 2.46 bits per heavy atom. The fourth-order valence-electron chi connectivity index (χ4n) is 1.64. The van der Waals surface area contributed by atoms with Gasteiger partial charge in [-0.15, -0.1) is 0 Å². The molecule has 1 aliphatic rings. The lowest BCUT2D eigenvalue weighted by Crippen LogP contribution is -2.40. The van der Waals surface area contributed by atoms with Crippen LogP contribution in [0.1, 0.15) is 19.8 Å². The Kier molecular flexibility index (Phi) is 4.02. The van der Waals surface area contributed by atoms with Crippen LogP contribution < -0.4 is 5.32 Å². The molecule has 0 aromatic heterocycles. The van der Waals surface area contributed by atoms with Crippen LogP contribution in [0.15, 0.2) is 0 Å². The smallest absolute Gasteiger partial charge is 0.409 e. The molecule has 0 radical (unpaired) electrons. The molecule has 0 bridgehead atoms. The highest BCUT2D eigenvalue weighted by Crippen LogP contribution is 2.07. The van der Waals surface area contributed by atoms with E-state index in [0.717, 1.165) is 19.5 Å². The molecule has 1 fully saturated rings. The van der Waals surface area contributed by atoms with Gasteiger partial charge in [-0.1, -0.05) is 0 Å². The normalized spacial score (nSPS) is 21.5. The topological polar surface area (TPSA) is 41.6 Å². The summed E-state index contributed by atoms with van der Waals surface area (Å²) in [5.41, 5.74) is 0. The van der Waals surface area contributed by atoms with E-state index in [1.54, 1.807) is 4.90 Å². The highest BCUT2D eigenvalue weighted by atomic mass is 16.5. The number of methoxy groups -OCH3 is 1. The third-order valence-electron chi connectivity index (χ3n) is 2.42. The van der Waals surface area contributed by atoms with Crippen molar-refractivity contribution in [3.8, 4) is 0 Å². The number of hydrogen-bond acceptors (Lipinski definition) is 3. The molecule has 1 unspecified atom stereocenters. The van der Waals surface area contributed by atoms with Gasteiger partial charge in [-0.25, -0.2) is 4.79 Å². The number of amides is 1. The molecule has 4 heteroatoms. The van der Waals surface area contributed by atoms with Gasteiger partial charge in [-0.3, -0.25) is 0 Å². The summed E-state index contributed by atoms with van der Waals surface area (Å²) in [6.45, 7) is 4.52. The number of ether oxygens (including phenoxy) is 1. The minimum Gasteiger partial charge on any atom is -0.453 e. The molecule has 1 amide bonds. The summed E-state index contributed by atoms with van der Waals surface area (Å²) >= 11 is 0. The summed E-state index contributed by atoms with van der Waals surface area (Å²) in [7, 11) is 1.42. The first kappa shape index (κ1) is 10.3. The second kappa shape index (κ2) is 5.07. The van der Waals surface area contributed by atoms with E-state index in [4.69, 9.17) is 0 Å². The van der Waals surface area contributed by atoms with Crippen LogP contribution in [0.5, 0.6) is 0 Å². The first-order valence-corrected chi connectivity index (χ1v) is 4.84. The lowest BCUT2D eigenvalue weighted by atomic mass is 10.2. The van der Waals surface area contributed by atoms with Crippen LogP contribution in [0.3, 0.4) is 0 Å². The van der Waals surface area contributed by atoms with Crippen LogP contribution in [0.4, 0.5) is 4.79 Å². The van der Waals surface area contributed by atoms with Gasteiger partial charge in [0, 0.05) is 19.1 Å². The molecule has 1 heterocycles. The molecule has 0 saturated carbocycles. The molecular weight excluding hydrogens is 168 g/mol. The van der Waals surface area contributed by atoms with Crippen molar-refractivity contribution < 1.29 is 9.53 Å². The maximum atomic E-state index is 11.2. The van der Waals surface area contributed by atoms with Crippen LogP contribution in [0.25, 0.3) is 0 Å². The Hall–Kier alpha value is -0.770. The number of hydrogen-bond donors (Lipinski definition) is 1. The fourth-order valence-corrected chi connectivity index (χ4v) is 1.64. The van der Waals surface area contributed by atoms with Gasteiger partial charge < -0.3 is 15.0 Å². The summed E-state index contributed by atoms with van der Waals surface area (Å²) in [4.78, 5) is 12.9. The third kappa shape index (κ3) is 2.88. The molecule has 1 aliphatic heterocycles. The molecule has 1 atom stereocenters. The van der Waals surface area contributed by atoms with Crippen molar-refractivity contribution >= 4 is 6.09 Å². The minimum absolute atomic E-state index is 0.226. The summed E-state index contributed by atoms with van der Waals surface area (Å²) in [5.74, 6) is 0. The van der Waals surface area contributed by atoms with E-state index in [1.165, 1.54) is 13.5 Å².